The number of nitrogens with one attached hydrogen (secondary N) is 1. The van der Waals surface area contributed by atoms with Crippen LogP contribution in [0.3, 0.4) is 0 Å². The second-order valence-corrected chi connectivity index (χ2v) is 5.65. The van der Waals surface area contributed by atoms with Crippen molar-refractivity contribution in [3.63, 3.8) is 0 Å². The molecular weight excluding hydrogens is 267 g/mol. The normalized spacial score (nSPS) is 20.8. The summed E-state index contributed by atoms with van der Waals surface area (Å²) in [6.45, 7) is 5.45. The van der Waals surface area contributed by atoms with Crippen LogP contribution in [0.4, 0.5) is 5.69 Å². The lowest BCUT2D eigenvalue weighted by molar-refractivity contribution is 0.502. The molecule has 0 aromatic heterocycles. The molecule has 1 aromatic carbocycles. The van der Waals surface area contributed by atoms with Crippen molar-refractivity contribution in [2.24, 2.45) is 0 Å². The first kappa shape index (κ1) is 14.0. The number of halogens is 2. The molecule has 1 atom stereocenters. The Balaban J connectivity index is 2.12. The lowest BCUT2D eigenvalue weighted by Gasteiger charge is -2.26. The average molecular weight is 287 g/mol. The van der Waals surface area contributed by atoms with E-state index in [1.165, 1.54) is 24.9 Å². The number of benzene rings is 1. The Morgan fingerprint density at radius 3 is 2.89 bits per heavy atom. The molecule has 1 heterocycles. The van der Waals surface area contributed by atoms with Crippen LogP contribution in [0.25, 0.3) is 0 Å². The van der Waals surface area contributed by atoms with Crippen molar-refractivity contribution < 1.29 is 0 Å². The van der Waals surface area contributed by atoms with Gasteiger partial charge in [-0.15, -0.1) is 0 Å². The molecular formula is C14H20Cl2N2. The summed E-state index contributed by atoms with van der Waals surface area (Å²) in [5.41, 5.74) is 1.18. The fourth-order valence-electron chi connectivity index (χ4n) is 2.46. The van der Waals surface area contributed by atoms with Crippen LogP contribution >= 0.6 is 23.2 Å². The van der Waals surface area contributed by atoms with Crippen molar-refractivity contribution in [1.29, 1.82) is 0 Å². The lowest BCUT2D eigenvalue weighted by Crippen LogP contribution is -2.37. The van der Waals surface area contributed by atoms with Crippen LogP contribution in [0, 0.1) is 0 Å². The molecule has 4 heteroatoms. The van der Waals surface area contributed by atoms with Gasteiger partial charge in [-0.1, -0.05) is 36.5 Å². The van der Waals surface area contributed by atoms with Crippen molar-refractivity contribution in [3.8, 4) is 0 Å². The molecule has 100 valence electrons. The zero-order valence-electron chi connectivity index (χ0n) is 10.8. The van der Waals surface area contributed by atoms with Gasteiger partial charge in [0.05, 0.1) is 10.0 Å². The first-order valence-corrected chi connectivity index (χ1v) is 7.39. The molecule has 0 radical (unpaired) electrons. The largest absolute Gasteiger partial charge is 0.370 e. The van der Waals surface area contributed by atoms with E-state index in [0.717, 1.165) is 19.6 Å². The minimum absolute atomic E-state index is 0.576. The van der Waals surface area contributed by atoms with Gasteiger partial charge in [-0.2, -0.15) is 0 Å². The Bertz CT molecular complexity index is 395. The Morgan fingerprint density at radius 2 is 2.17 bits per heavy atom. The smallest absolute Gasteiger partial charge is 0.0612 e. The van der Waals surface area contributed by atoms with Crippen LogP contribution in [0.2, 0.25) is 10.0 Å². The zero-order valence-corrected chi connectivity index (χ0v) is 12.3. The van der Waals surface area contributed by atoms with Gasteiger partial charge in [-0.3, -0.25) is 0 Å². The Labute approximate surface area is 119 Å². The highest BCUT2D eigenvalue weighted by Crippen LogP contribution is 2.28. The summed E-state index contributed by atoms with van der Waals surface area (Å²) < 4.78 is 0. The second-order valence-electron chi connectivity index (χ2n) is 4.84. The molecule has 18 heavy (non-hydrogen) atoms. The van der Waals surface area contributed by atoms with E-state index in [1.807, 2.05) is 12.1 Å². The van der Waals surface area contributed by atoms with E-state index >= 15 is 0 Å². The van der Waals surface area contributed by atoms with Crippen molar-refractivity contribution in [2.45, 2.75) is 32.2 Å². The van der Waals surface area contributed by atoms with Gasteiger partial charge in [0, 0.05) is 24.8 Å². The average Bonchev–Trinajstić information content (AvgIpc) is 2.59. The van der Waals surface area contributed by atoms with Crippen LogP contribution in [-0.4, -0.2) is 25.7 Å². The quantitative estimate of drug-likeness (QED) is 0.905. The molecule has 1 N–H and O–H groups in total. The zero-order chi connectivity index (χ0) is 13.0. The van der Waals surface area contributed by atoms with E-state index in [1.54, 1.807) is 0 Å². The third-order valence-electron chi connectivity index (χ3n) is 3.38. The molecule has 2 nitrogen and oxygen atoms in total. The first-order valence-electron chi connectivity index (χ1n) is 6.64. The summed E-state index contributed by atoms with van der Waals surface area (Å²) in [4.78, 5) is 2.41. The van der Waals surface area contributed by atoms with Gasteiger partial charge >= 0.3 is 0 Å². The predicted octanol–water partition coefficient (Wildman–Crippen LogP) is 3.96. The summed E-state index contributed by atoms with van der Waals surface area (Å²) in [6, 6.07) is 6.49. The van der Waals surface area contributed by atoms with Crippen LogP contribution in [0.5, 0.6) is 0 Å². The van der Waals surface area contributed by atoms with E-state index in [4.69, 9.17) is 23.2 Å². The molecule has 1 fully saturated rings. The number of hydrogen-bond donors (Lipinski definition) is 1. The molecule has 0 bridgehead atoms. The van der Waals surface area contributed by atoms with Gasteiger partial charge in [-0.05, 0) is 37.6 Å². The highest BCUT2D eigenvalue weighted by molar-refractivity contribution is 6.42. The SMILES string of the molecule is CCCC1CN(c2ccc(Cl)c(Cl)c2)CCCN1. The minimum atomic E-state index is 0.576. The molecule has 1 saturated heterocycles. The standard InChI is InChI=1S/C14H20Cl2N2/c1-2-4-11-10-18(8-3-7-17-11)12-5-6-13(15)14(16)9-12/h5-6,9,11,17H,2-4,7-8,10H2,1H3. The topological polar surface area (TPSA) is 15.3 Å². The second kappa shape index (κ2) is 6.65. The van der Waals surface area contributed by atoms with Crippen LogP contribution in [0.1, 0.15) is 26.2 Å². The van der Waals surface area contributed by atoms with Crippen molar-refractivity contribution in [1.82, 2.24) is 5.32 Å². The first-order chi connectivity index (χ1) is 8.70. The Morgan fingerprint density at radius 1 is 1.33 bits per heavy atom. The third-order valence-corrected chi connectivity index (χ3v) is 4.12. The molecule has 0 aliphatic carbocycles. The number of nitrogens with zero attached hydrogens (tertiary/aromatic N) is 1. The summed E-state index contributed by atoms with van der Waals surface area (Å²) in [5, 5.41) is 4.87. The van der Waals surface area contributed by atoms with Gasteiger partial charge in [0.2, 0.25) is 0 Å². The van der Waals surface area contributed by atoms with E-state index in [0.29, 0.717) is 16.1 Å². The van der Waals surface area contributed by atoms with Gasteiger partial charge in [0.25, 0.3) is 0 Å². The fourth-order valence-corrected chi connectivity index (χ4v) is 2.75. The number of anilines is 1. The van der Waals surface area contributed by atoms with E-state index in [2.05, 4.69) is 23.2 Å². The molecule has 1 aliphatic heterocycles. The van der Waals surface area contributed by atoms with Crippen LogP contribution in [0.15, 0.2) is 18.2 Å². The molecule has 0 amide bonds. The number of hydrogen-bond acceptors (Lipinski definition) is 2. The highest BCUT2D eigenvalue weighted by atomic mass is 35.5. The Kier molecular flexibility index (Phi) is 5.16. The third kappa shape index (κ3) is 3.53. The van der Waals surface area contributed by atoms with Crippen molar-refractivity contribution >= 4 is 28.9 Å². The van der Waals surface area contributed by atoms with Crippen LogP contribution in [-0.2, 0) is 0 Å². The lowest BCUT2D eigenvalue weighted by atomic mass is 10.1. The fraction of sp³-hybridized carbons (Fsp3) is 0.571. The molecule has 1 aromatic rings. The highest BCUT2D eigenvalue weighted by Gasteiger charge is 2.17. The van der Waals surface area contributed by atoms with Crippen LogP contribution < -0.4 is 10.2 Å². The maximum absolute atomic E-state index is 6.10. The minimum Gasteiger partial charge on any atom is -0.370 e. The monoisotopic (exact) mass is 286 g/mol. The van der Waals surface area contributed by atoms with E-state index in [9.17, 15) is 0 Å². The van der Waals surface area contributed by atoms with Gasteiger partial charge in [0.1, 0.15) is 0 Å². The van der Waals surface area contributed by atoms with Crippen molar-refractivity contribution in [2.75, 3.05) is 24.5 Å². The Hall–Kier alpha value is -0.440. The summed E-state index contributed by atoms with van der Waals surface area (Å²) in [7, 11) is 0. The van der Waals surface area contributed by atoms with Crippen molar-refractivity contribution in [3.05, 3.63) is 28.2 Å². The molecule has 1 aliphatic rings. The summed E-state index contributed by atoms with van der Waals surface area (Å²) in [5.74, 6) is 0. The maximum Gasteiger partial charge on any atom is 0.0612 e. The van der Waals surface area contributed by atoms with Gasteiger partial charge in [-0.25, -0.2) is 0 Å². The molecule has 2 rings (SSSR count). The predicted molar refractivity (Wildman–Crippen MR) is 80.0 cm³/mol. The summed E-state index contributed by atoms with van der Waals surface area (Å²) in [6.07, 6.45) is 3.60. The number of rotatable bonds is 3. The van der Waals surface area contributed by atoms with E-state index in [-0.39, 0.29) is 0 Å². The molecule has 0 spiro atoms. The van der Waals surface area contributed by atoms with Gasteiger partial charge < -0.3 is 10.2 Å². The van der Waals surface area contributed by atoms with E-state index < -0.39 is 0 Å². The summed E-state index contributed by atoms with van der Waals surface area (Å²) >= 11 is 12.1. The molecule has 0 saturated carbocycles. The maximum atomic E-state index is 6.10. The molecule has 1 unspecified atom stereocenters. The van der Waals surface area contributed by atoms with Gasteiger partial charge in [0.15, 0.2) is 0 Å².